The van der Waals surface area contributed by atoms with Gasteiger partial charge in [0.1, 0.15) is 0 Å². The number of anilines is 1. The van der Waals surface area contributed by atoms with Crippen LogP contribution in [0.15, 0.2) is 29.2 Å². The van der Waals surface area contributed by atoms with Crippen molar-refractivity contribution in [3.05, 3.63) is 24.3 Å². The van der Waals surface area contributed by atoms with Crippen LogP contribution in [0.4, 0.5) is 5.69 Å². The van der Waals surface area contributed by atoms with Crippen molar-refractivity contribution in [1.29, 1.82) is 0 Å². The second kappa shape index (κ2) is 7.21. The van der Waals surface area contributed by atoms with Gasteiger partial charge in [-0.1, -0.05) is 18.9 Å². The maximum absolute atomic E-state index is 12.1. The average molecular weight is 325 g/mol. The van der Waals surface area contributed by atoms with E-state index in [1.165, 1.54) is 19.2 Å². The molecule has 1 aromatic carbocycles. The van der Waals surface area contributed by atoms with E-state index in [1.54, 1.807) is 12.1 Å². The highest BCUT2D eigenvalue weighted by Gasteiger charge is 2.24. The van der Waals surface area contributed by atoms with E-state index in [4.69, 9.17) is 5.73 Å². The van der Waals surface area contributed by atoms with Crippen LogP contribution >= 0.6 is 0 Å². The maximum atomic E-state index is 12.1. The minimum atomic E-state index is -3.51. The van der Waals surface area contributed by atoms with Gasteiger partial charge in [-0.25, -0.2) is 13.1 Å². The molecule has 2 unspecified atom stereocenters. The molecule has 7 heteroatoms. The summed E-state index contributed by atoms with van der Waals surface area (Å²) in [6, 6.07) is 6.29. The molecule has 0 bridgehead atoms. The van der Waals surface area contributed by atoms with Crippen LogP contribution in [0.2, 0.25) is 0 Å². The Balaban J connectivity index is 2.01. The number of benzene rings is 1. The minimum absolute atomic E-state index is 0.0792. The van der Waals surface area contributed by atoms with Gasteiger partial charge in [0.15, 0.2) is 0 Å². The highest BCUT2D eigenvalue weighted by atomic mass is 32.2. The Morgan fingerprint density at radius 3 is 2.73 bits per heavy atom. The van der Waals surface area contributed by atoms with Crippen LogP contribution < -0.4 is 15.8 Å². The van der Waals surface area contributed by atoms with Gasteiger partial charge in [-0.05, 0) is 44.0 Å². The van der Waals surface area contributed by atoms with Crippen molar-refractivity contribution in [3.8, 4) is 0 Å². The molecule has 0 aliphatic heterocycles. The fourth-order valence-electron chi connectivity index (χ4n) is 2.80. The lowest BCUT2D eigenvalue weighted by atomic mass is 9.83. The summed E-state index contributed by atoms with van der Waals surface area (Å²) in [7, 11) is -2.16. The van der Waals surface area contributed by atoms with Crippen LogP contribution in [0.5, 0.6) is 0 Å². The van der Waals surface area contributed by atoms with E-state index in [0.29, 0.717) is 12.1 Å². The lowest BCUT2D eigenvalue weighted by Crippen LogP contribution is -2.35. The van der Waals surface area contributed by atoms with E-state index in [2.05, 4.69) is 10.0 Å². The van der Waals surface area contributed by atoms with Crippen LogP contribution in [-0.4, -0.2) is 27.4 Å². The zero-order chi connectivity index (χ0) is 16.2. The summed E-state index contributed by atoms with van der Waals surface area (Å²) in [5, 5.41) is 2.76. The zero-order valence-corrected chi connectivity index (χ0v) is 13.5. The summed E-state index contributed by atoms with van der Waals surface area (Å²) >= 11 is 0. The van der Waals surface area contributed by atoms with Crippen molar-refractivity contribution < 1.29 is 13.2 Å². The molecule has 0 saturated heterocycles. The number of amides is 1. The Bertz CT molecular complexity index is 631. The molecular formula is C15H23N3O3S. The molecule has 0 heterocycles. The molecule has 22 heavy (non-hydrogen) atoms. The highest BCUT2D eigenvalue weighted by Crippen LogP contribution is 2.26. The van der Waals surface area contributed by atoms with Crippen molar-refractivity contribution in [2.45, 2.75) is 43.0 Å². The van der Waals surface area contributed by atoms with E-state index in [0.717, 1.165) is 25.7 Å². The quantitative estimate of drug-likeness (QED) is 0.762. The van der Waals surface area contributed by atoms with Gasteiger partial charge in [0.25, 0.3) is 0 Å². The number of carbonyl (C=O) groups is 1. The third-order valence-electron chi connectivity index (χ3n) is 4.11. The molecule has 2 atom stereocenters. The first-order valence-corrected chi connectivity index (χ1v) is 9.00. The summed E-state index contributed by atoms with van der Waals surface area (Å²) in [6.45, 7) is 0. The van der Waals surface area contributed by atoms with Crippen LogP contribution in [0.1, 0.15) is 32.1 Å². The standard InChI is InChI=1S/C15H23N3O3S/c1-17-22(20,21)13-7-4-6-12(10-13)18-15(19)9-11-5-2-3-8-14(11)16/h4,6-7,10-11,14,17H,2-3,5,8-9,16H2,1H3,(H,18,19). The van der Waals surface area contributed by atoms with E-state index in [1.807, 2.05) is 0 Å². The maximum Gasteiger partial charge on any atom is 0.240 e. The van der Waals surface area contributed by atoms with Crippen molar-refractivity contribution in [2.24, 2.45) is 11.7 Å². The zero-order valence-electron chi connectivity index (χ0n) is 12.7. The largest absolute Gasteiger partial charge is 0.327 e. The number of hydrogen-bond donors (Lipinski definition) is 3. The molecule has 4 N–H and O–H groups in total. The highest BCUT2D eigenvalue weighted by molar-refractivity contribution is 7.89. The number of rotatable bonds is 5. The molecule has 1 amide bonds. The van der Waals surface area contributed by atoms with Crippen LogP contribution in [0.25, 0.3) is 0 Å². The summed E-state index contributed by atoms with van der Waals surface area (Å²) in [6.07, 6.45) is 4.56. The lowest BCUT2D eigenvalue weighted by molar-refractivity contribution is -0.117. The van der Waals surface area contributed by atoms with E-state index in [9.17, 15) is 13.2 Å². The van der Waals surface area contributed by atoms with Crippen molar-refractivity contribution >= 4 is 21.6 Å². The Kier molecular flexibility index (Phi) is 5.55. The number of nitrogens with one attached hydrogen (secondary N) is 2. The van der Waals surface area contributed by atoms with Gasteiger partial charge in [0.05, 0.1) is 4.90 Å². The molecule has 1 fully saturated rings. The third kappa shape index (κ3) is 4.28. The summed E-state index contributed by atoms with van der Waals surface area (Å²) < 4.78 is 25.8. The number of nitrogens with two attached hydrogens (primary N) is 1. The number of carbonyl (C=O) groups excluding carboxylic acids is 1. The SMILES string of the molecule is CNS(=O)(=O)c1cccc(NC(=O)CC2CCCCC2N)c1. The third-order valence-corrected chi connectivity index (χ3v) is 5.52. The first kappa shape index (κ1) is 16.9. The predicted octanol–water partition coefficient (Wildman–Crippen LogP) is 1.44. The van der Waals surface area contributed by atoms with Gasteiger partial charge in [0.2, 0.25) is 15.9 Å². The monoisotopic (exact) mass is 325 g/mol. The fraction of sp³-hybridized carbons (Fsp3) is 0.533. The smallest absolute Gasteiger partial charge is 0.240 e. The van der Waals surface area contributed by atoms with E-state index >= 15 is 0 Å². The van der Waals surface area contributed by atoms with Crippen molar-refractivity contribution in [1.82, 2.24) is 4.72 Å². The van der Waals surface area contributed by atoms with E-state index < -0.39 is 10.0 Å². The molecule has 6 nitrogen and oxygen atoms in total. The van der Waals surface area contributed by atoms with Gasteiger partial charge in [-0.3, -0.25) is 4.79 Å². The molecule has 1 aromatic rings. The van der Waals surface area contributed by atoms with E-state index in [-0.39, 0.29) is 22.8 Å². The van der Waals surface area contributed by atoms with Gasteiger partial charge in [-0.15, -0.1) is 0 Å². The Hall–Kier alpha value is -1.44. The molecule has 0 spiro atoms. The molecule has 0 aromatic heterocycles. The number of hydrogen-bond acceptors (Lipinski definition) is 4. The Morgan fingerprint density at radius 1 is 1.32 bits per heavy atom. The lowest BCUT2D eigenvalue weighted by Gasteiger charge is -2.27. The predicted molar refractivity (Wildman–Crippen MR) is 85.9 cm³/mol. The molecule has 1 aliphatic carbocycles. The van der Waals surface area contributed by atoms with Gasteiger partial charge < -0.3 is 11.1 Å². The Labute approximate surface area is 131 Å². The second-order valence-electron chi connectivity index (χ2n) is 5.70. The van der Waals surface area contributed by atoms with Gasteiger partial charge in [-0.2, -0.15) is 0 Å². The first-order chi connectivity index (χ1) is 10.4. The molecule has 1 aliphatic rings. The minimum Gasteiger partial charge on any atom is -0.327 e. The molecule has 122 valence electrons. The first-order valence-electron chi connectivity index (χ1n) is 7.51. The van der Waals surface area contributed by atoms with Crippen LogP contribution in [0.3, 0.4) is 0 Å². The molecular weight excluding hydrogens is 302 g/mol. The average Bonchev–Trinajstić information content (AvgIpc) is 2.50. The number of sulfonamides is 1. The molecule has 0 radical (unpaired) electrons. The fourth-order valence-corrected chi connectivity index (χ4v) is 3.57. The molecule has 2 rings (SSSR count). The van der Waals surface area contributed by atoms with Gasteiger partial charge >= 0.3 is 0 Å². The summed E-state index contributed by atoms with van der Waals surface area (Å²) in [5.74, 6) is 0.0827. The second-order valence-corrected chi connectivity index (χ2v) is 7.58. The Morgan fingerprint density at radius 2 is 2.05 bits per heavy atom. The molecule has 1 saturated carbocycles. The summed E-state index contributed by atoms with van der Waals surface area (Å²) in [5.41, 5.74) is 6.53. The van der Waals surface area contributed by atoms with Crippen LogP contribution in [0, 0.1) is 5.92 Å². The summed E-state index contributed by atoms with van der Waals surface area (Å²) in [4.78, 5) is 12.3. The van der Waals surface area contributed by atoms with Crippen molar-refractivity contribution in [2.75, 3.05) is 12.4 Å². The van der Waals surface area contributed by atoms with Gasteiger partial charge in [0, 0.05) is 18.2 Å². The van der Waals surface area contributed by atoms with Crippen LogP contribution in [-0.2, 0) is 14.8 Å². The topological polar surface area (TPSA) is 101 Å². The van der Waals surface area contributed by atoms with Crippen molar-refractivity contribution in [3.63, 3.8) is 0 Å². The normalized spacial score (nSPS) is 22.3.